The molecule has 2 aliphatic carbocycles. The largest absolute Gasteiger partial charge is 0.0876 e. The monoisotopic (exact) mass is 308 g/mol. The summed E-state index contributed by atoms with van der Waals surface area (Å²) in [6, 6.07) is 0. The number of rotatable bonds is 5. The maximum absolute atomic E-state index is 3.64. The molecule has 0 unspecified atom stereocenters. The summed E-state index contributed by atoms with van der Waals surface area (Å²) in [6.07, 6.45) is 17.0. The molecule has 0 saturated carbocycles. The van der Waals surface area contributed by atoms with Gasteiger partial charge in [0.1, 0.15) is 0 Å². The zero-order valence-electron chi connectivity index (χ0n) is 11.6. The minimum Gasteiger partial charge on any atom is -0.0876 e. The quantitative estimate of drug-likeness (QED) is 0.426. The van der Waals surface area contributed by atoms with Crippen molar-refractivity contribution in [3.05, 3.63) is 34.4 Å². The van der Waals surface area contributed by atoms with Gasteiger partial charge in [0.25, 0.3) is 0 Å². The molecule has 1 heteroatoms. The minimum atomic E-state index is 1.00. The summed E-state index contributed by atoms with van der Waals surface area (Å²) in [6.45, 7) is 2.28. The fourth-order valence-corrected chi connectivity index (χ4v) is 3.38. The molecule has 0 saturated heterocycles. The minimum absolute atomic E-state index is 1.00. The van der Waals surface area contributed by atoms with Crippen LogP contribution in [0.25, 0.3) is 0 Å². The summed E-state index contributed by atoms with van der Waals surface area (Å²) < 4.78 is 0. The molecule has 2 rings (SSSR count). The number of allylic oxidation sites excluding steroid dienone is 6. The van der Waals surface area contributed by atoms with E-state index < -0.39 is 0 Å². The second-order valence-corrected chi connectivity index (χ2v) is 6.19. The molecule has 0 spiro atoms. The first-order chi connectivity index (χ1) is 8.83. The molecule has 0 amide bonds. The topological polar surface area (TPSA) is 0 Å². The van der Waals surface area contributed by atoms with Crippen LogP contribution in [0.4, 0.5) is 0 Å². The molecule has 0 radical (unpaired) electrons. The van der Waals surface area contributed by atoms with E-state index >= 15 is 0 Å². The number of hydrogen-bond donors (Lipinski definition) is 0. The smallest absolute Gasteiger partial charge is 0.0283 e. The van der Waals surface area contributed by atoms with Crippen molar-refractivity contribution in [2.45, 2.75) is 64.7 Å². The van der Waals surface area contributed by atoms with Crippen molar-refractivity contribution < 1.29 is 0 Å². The van der Waals surface area contributed by atoms with Gasteiger partial charge in [-0.25, -0.2) is 0 Å². The molecule has 0 bridgehead atoms. The molecule has 0 aromatic carbocycles. The van der Waals surface area contributed by atoms with Gasteiger partial charge in [0.2, 0.25) is 0 Å². The van der Waals surface area contributed by atoms with Gasteiger partial charge in [-0.15, -0.1) is 0 Å². The van der Waals surface area contributed by atoms with Gasteiger partial charge in [0.15, 0.2) is 0 Å². The highest BCUT2D eigenvalue weighted by Gasteiger charge is 2.15. The number of halogens is 1. The predicted octanol–water partition coefficient (Wildman–Crippen LogP) is 6.09. The van der Waals surface area contributed by atoms with Crippen LogP contribution < -0.4 is 0 Å². The average Bonchev–Trinajstić information content (AvgIpc) is 2.57. The summed E-state index contributed by atoms with van der Waals surface area (Å²) in [5, 5.41) is 1.00. The van der Waals surface area contributed by atoms with Crippen molar-refractivity contribution in [1.82, 2.24) is 0 Å². The van der Waals surface area contributed by atoms with Gasteiger partial charge in [-0.3, -0.25) is 0 Å². The normalized spacial score (nSPS) is 20.1. The van der Waals surface area contributed by atoms with Gasteiger partial charge in [-0.05, 0) is 56.1 Å². The molecule has 2 aliphatic rings. The number of hydrogen-bond acceptors (Lipinski definition) is 0. The van der Waals surface area contributed by atoms with Crippen molar-refractivity contribution in [2.24, 2.45) is 0 Å². The maximum Gasteiger partial charge on any atom is 0.0283 e. The number of alkyl halides is 1. The van der Waals surface area contributed by atoms with Crippen LogP contribution in [0, 0.1) is 0 Å². The van der Waals surface area contributed by atoms with Crippen LogP contribution in [0.5, 0.6) is 0 Å². The third-order valence-corrected chi connectivity index (χ3v) is 4.72. The lowest BCUT2D eigenvalue weighted by Gasteiger charge is -2.18. The first kappa shape index (κ1) is 14.1. The average molecular weight is 309 g/mol. The molecule has 0 aromatic heterocycles. The Labute approximate surface area is 120 Å². The summed E-state index contributed by atoms with van der Waals surface area (Å²) in [7, 11) is 0. The van der Waals surface area contributed by atoms with Crippen LogP contribution >= 0.6 is 15.9 Å². The first-order valence-electron chi connectivity index (χ1n) is 7.50. The summed E-state index contributed by atoms with van der Waals surface area (Å²) in [5.74, 6) is 0. The van der Waals surface area contributed by atoms with E-state index in [0.717, 1.165) is 5.33 Å². The lowest BCUT2D eigenvalue weighted by atomic mass is 9.88. The molecule has 0 fully saturated rings. The van der Waals surface area contributed by atoms with E-state index in [1.54, 1.807) is 16.7 Å². The van der Waals surface area contributed by atoms with Gasteiger partial charge < -0.3 is 0 Å². The molecule has 0 atom stereocenters. The second-order valence-electron chi connectivity index (χ2n) is 5.63. The Kier molecular flexibility index (Phi) is 5.75. The van der Waals surface area contributed by atoms with Gasteiger partial charge in [0, 0.05) is 5.33 Å². The van der Waals surface area contributed by atoms with Crippen LogP contribution in [-0.4, -0.2) is 5.33 Å². The molecule has 0 aromatic rings. The van der Waals surface area contributed by atoms with E-state index in [1.807, 2.05) is 0 Å². The maximum atomic E-state index is 3.64. The van der Waals surface area contributed by atoms with E-state index in [9.17, 15) is 0 Å². The highest BCUT2D eigenvalue weighted by molar-refractivity contribution is 9.09. The molecule has 0 aliphatic heterocycles. The SMILES string of the molecule is CCCCCC1=CC(CBr)=CC2=C(CCCC2)C1. The lowest BCUT2D eigenvalue weighted by molar-refractivity contribution is 0.656. The lowest BCUT2D eigenvalue weighted by Crippen LogP contribution is -1.99. The van der Waals surface area contributed by atoms with Crippen molar-refractivity contribution in [2.75, 3.05) is 5.33 Å². The Morgan fingerprint density at radius 2 is 1.94 bits per heavy atom. The fourth-order valence-electron chi connectivity index (χ4n) is 3.06. The molecule has 0 N–H and O–H groups in total. The van der Waals surface area contributed by atoms with Crippen LogP contribution in [0.3, 0.4) is 0 Å². The van der Waals surface area contributed by atoms with Crippen LogP contribution in [0.1, 0.15) is 64.7 Å². The van der Waals surface area contributed by atoms with Gasteiger partial charge in [-0.1, -0.05) is 59.0 Å². The Hall–Kier alpha value is -0.300. The van der Waals surface area contributed by atoms with E-state index in [2.05, 4.69) is 35.0 Å². The third kappa shape index (κ3) is 3.85. The summed E-state index contributed by atoms with van der Waals surface area (Å²) in [5.41, 5.74) is 6.53. The van der Waals surface area contributed by atoms with E-state index in [1.165, 1.54) is 63.4 Å². The molecule has 0 heterocycles. The Morgan fingerprint density at radius 1 is 1.11 bits per heavy atom. The molecule has 0 nitrogen and oxygen atoms in total. The first-order valence-corrected chi connectivity index (χ1v) is 8.62. The molecular weight excluding hydrogens is 284 g/mol. The Morgan fingerprint density at radius 3 is 2.72 bits per heavy atom. The van der Waals surface area contributed by atoms with E-state index in [-0.39, 0.29) is 0 Å². The van der Waals surface area contributed by atoms with E-state index in [4.69, 9.17) is 0 Å². The molecule has 18 heavy (non-hydrogen) atoms. The van der Waals surface area contributed by atoms with Crippen LogP contribution in [0.15, 0.2) is 34.4 Å². The molecular formula is C17H25Br. The van der Waals surface area contributed by atoms with Crippen molar-refractivity contribution in [3.63, 3.8) is 0 Å². The van der Waals surface area contributed by atoms with Gasteiger partial charge >= 0.3 is 0 Å². The zero-order chi connectivity index (χ0) is 12.8. The second kappa shape index (κ2) is 7.33. The van der Waals surface area contributed by atoms with Crippen LogP contribution in [-0.2, 0) is 0 Å². The zero-order valence-corrected chi connectivity index (χ0v) is 13.2. The van der Waals surface area contributed by atoms with Gasteiger partial charge in [-0.2, -0.15) is 0 Å². The highest BCUT2D eigenvalue weighted by Crippen LogP contribution is 2.35. The molecule has 100 valence electrons. The third-order valence-electron chi connectivity index (χ3n) is 4.07. The van der Waals surface area contributed by atoms with Crippen molar-refractivity contribution in [3.8, 4) is 0 Å². The van der Waals surface area contributed by atoms with Gasteiger partial charge in [0.05, 0.1) is 0 Å². The predicted molar refractivity (Wildman–Crippen MR) is 84.2 cm³/mol. The fraction of sp³-hybridized carbons (Fsp3) is 0.647. The summed E-state index contributed by atoms with van der Waals surface area (Å²) >= 11 is 3.64. The number of unbranched alkanes of at least 4 members (excludes halogenated alkanes) is 2. The highest BCUT2D eigenvalue weighted by atomic mass is 79.9. The standard InChI is InChI=1S/C17H25Br/c1-2-3-4-7-14-10-15(13-18)12-17-9-6-5-8-16(17)11-14/h10,12H,2-9,11,13H2,1H3. The summed E-state index contributed by atoms with van der Waals surface area (Å²) in [4.78, 5) is 0. The van der Waals surface area contributed by atoms with Crippen molar-refractivity contribution >= 4 is 15.9 Å². The Balaban J connectivity index is 2.10. The van der Waals surface area contributed by atoms with E-state index in [0.29, 0.717) is 0 Å². The van der Waals surface area contributed by atoms with Crippen molar-refractivity contribution in [1.29, 1.82) is 0 Å². The Bertz CT molecular complexity index is 371. The van der Waals surface area contributed by atoms with Crippen LogP contribution in [0.2, 0.25) is 0 Å².